The minimum atomic E-state index is -1.11. The Hall–Kier alpha value is -0.720. The van der Waals surface area contributed by atoms with Crippen molar-refractivity contribution >= 4 is 17.4 Å². The summed E-state index contributed by atoms with van der Waals surface area (Å²) in [5.41, 5.74) is -0.0253. The summed E-state index contributed by atoms with van der Waals surface area (Å²) in [6.45, 7) is 8.51. The summed E-state index contributed by atoms with van der Waals surface area (Å²) in [6, 6.07) is 0. The normalized spacial score (nSPS) is 48.4. The number of allylic oxidation sites excluding steroid dienone is 1. The standard InChI is InChI=1S/C22H31ClO5/c1-12-5-6-15-20(2,11-25)7-4-8-21(15,3)14(12)9-22-18(27)16(23)13(10-24)17(26)19(22)28-22/h14-15,17,19,24-26H,1,4-11H2,2-3H3/t14-,15?,17-,19+,20-,21+,22-/m0/s1. The average molecular weight is 411 g/mol. The predicted molar refractivity (Wildman–Crippen MR) is 106 cm³/mol. The number of carbonyl (C=O) groups is 1. The molecule has 0 amide bonds. The molecule has 1 aliphatic heterocycles. The van der Waals surface area contributed by atoms with Gasteiger partial charge in [0.1, 0.15) is 12.2 Å². The lowest BCUT2D eigenvalue weighted by molar-refractivity contribution is -0.123. The van der Waals surface area contributed by atoms with Crippen LogP contribution in [0.4, 0.5) is 0 Å². The number of aliphatic hydroxyl groups excluding tert-OH is 3. The van der Waals surface area contributed by atoms with Crippen LogP contribution in [0, 0.1) is 22.7 Å². The van der Waals surface area contributed by atoms with E-state index in [1.165, 1.54) is 0 Å². The van der Waals surface area contributed by atoms with E-state index >= 15 is 0 Å². The number of rotatable bonds is 4. The zero-order valence-electron chi connectivity index (χ0n) is 16.7. The van der Waals surface area contributed by atoms with Crippen molar-refractivity contribution in [1.82, 2.24) is 0 Å². The third-order valence-electron chi connectivity index (χ3n) is 8.43. The number of Topliss-reactive ketones (excluding diaryl/α,β-unsaturated/α-hetero) is 1. The maximum atomic E-state index is 13.0. The Morgan fingerprint density at radius 3 is 2.64 bits per heavy atom. The van der Waals surface area contributed by atoms with Gasteiger partial charge in [0, 0.05) is 12.2 Å². The fraction of sp³-hybridized carbons (Fsp3) is 0.773. The molecule has 0 spiro atoms. The van der Waals surface area contributed by atoms with Crippen LogP contribution in [0.25, 0.3) is 0 Å². The second-order valence-electron chi connectivity index (χ2n) is 9.88. The summed E-state index contributed by atoms with van der Waals surface area (Å²) in [4.78, 5) is 13.0. The van der Waals surface area contributed by atoms with Gasteiger partial charge in [-0.15, -0.1) is 0 Å². The Morgan fingerprint density at radius 1 is 1.29 bits per heavy atom. The second-order valence-corrected chi connectivity index (χ2v) is 10.3. The molecule has 3 fully saturated rings. The SMILES string of the molecule is C=C1CCC2[C@](C)(CO)CCC[C@]2(C)[C@H]1C[C@@]12O[C@@H]1[C@@H](O)C(CO)=C(Cl)C2=O. The van der Waals surface area contributed by atoms with Crippen molar-refractivity contribution in [2.75, 3.05) is 13.2 Å². The van der Waals surface area contributed by atoms with E-state index in [-0.39, 0.29) is 39.7 Å². The summed E-state index contributed by atoms with van der Waals surface area (Å²) in [6.07, 6.45) is 3.72. The van der Waals surface area contributed by atoms with Crippen LogP contribution in [0.3, 0.4) is 0 Å². The van der Waals surface area contributed by atoms with Crippen molar-refractivity contribution in [3.8, 4) is 0 Å². The predicted octanol–water partition coefficient (Wildman–Crippen LogP) is 2.71. The summed E-state index contributed by atoms with van der Waals surface area (Å²) < 4.78 is 5.82. The average Bonchev–Trinajstić information content (AvgIpc) is 3.40. The number of ketones is 1. The van der Waals surface area contributed by atoms with Crippen molar-refractivity contribution in [3.63, 3.8) is 0 Å². The highest BCUT2D eigenvalue weighted by molar-refractivity contribution is 6.45. The summed E-state index contributed by atoms with van der Waals surface area (Å²) >= 11 is 6.21. The molecule has 156 valence electrons. The quantitative estimate of drug-likeness (QED) is 0.489. The van der Waals surface area contributed by atoms with Gasteiger partial charge in [-0.05, 0) is 54.8 Å². The number of hydrogen-bond acceptors (Lipinski definition) is 5. The van der Waals surface area contributed by atoms with E-state index in [2.05, 4.69) is 20.4 Å². The molecule has 28 heavy (non-hydrogen) atoms. The maximum Gasteiger partial charge on any atom is 0.208 e. The zero-order valence-corrected chi connectivity index (χ0v) is 17.5. The summed E-state index contributed by atoms with van der Waals surface area (Å²) in [5, 5.41) is 30.0. The zero-order chi connectivity index (χ0) is 20.5. The van der Waals surface area contributed by atoms with Crippen molar-refractivity contribution < 1.29 is 24.9 Å². The van der Waals surface area contributed by atoms with Gasteiger partial charge in [0.25, 0.3) is 0 Å². The van der Waals surface area contributed by atoms with Crippen molar-refractivity contribution in [3.05, 3.63) is 22.8 Å². The highest BCUT2D eigenvalue weighted by Crippen LogP contribution is 2.64. The van der Waals surface area contributed by atoms with E-state index in [1.54, 1.807) is 0 Å². The summed E-state index contributed by atoms with van der Waals surface area (Å²) in [5.74, 6) is 0.0944. The second kappa shape index (κ2) is 6.64. The van der Waals surface area contributed by atoms with Crippen LogP contribution < -0.4 is 0 Å². The van der Waals surface area contributed by atoms with Gasteiger partial charge in [0.05, 0.1) is 11.6 Å². The van der Waals surface area contributed by atoms with Gasteiger partial charge in [-0.25, -0.2) is 0 Å². The van der Waals surface area contributed by atoms with E-state index in [1.807, 2.05) is 0 Å². The van der Waals surface area contributed by atoms with Crippen LogP contribution in [0.5, 0.6) is 0 Å². The monoisotopic (exact) mass is 410 g/mol. The smallest absolute Gasteiger partial charge is 0.208 e. The lowest BCUT2D eigenvalue weighted by Crippen LogP contribution is -2.53. The van der Waals surface area contributed by atoms with Crippen LogP contribution >= 0.6 is 11.6 Å². The molecule has 3 aliphatic carbocycles. The molecular weight excluding hydrogens is 380 g/mol. The number of fused-ring (bicyclic) bond motifs is 2. The first kappa shape index (κ1) is 20.5. The number of carbonyl (C=O) groups excluding carboxylic acids is 1. The molecule has 1 unspecified atom stereocenters. The van der Waals surface area contributed by atoms with Gasteiger partial charge in [0.15, 0.2) is 5.60 Å². The topological polar surface area (TPSA) is 90.3 Å². The summed E-state index contributed by atoms with van der Waals surface area (Å²) in [7, 11) is 0. The molecule has 4 aliphatic rings. The molecule has 4 rings (SSSR count). The first-order chi connectivity index (χ1) is 13.1. The Balaban J connectivity index is 1.67. The first-order valence-electron chi connectivity index (χ1n) is 10.3. The molecular formula is C22H31ClO5. The van der Waals surface area contributed by atoms with Crippen LogP contribution in [0.15, 0.2) is 22.8 Å². The molecule has 0 radical (unpaired) electrons. The van der Waals surface area contributed by atoms with Gasteiger partial charge in [-0.2, -0.15) is 0 Å². The first-order valence-corrected chi connectivity index (χ1v) is 10.7. The van der Waals surface area contributed by atoms with Crippen LogP contribution in [0.1, 0.15) is 52.4 Å². The molecule has 1 heterocycles. The van der Waals surface area contributed by atoms with Crippen molar-refractivity contribution in [1.29, 1.82) is 0 Å². The van der Waals surface area contributed by atoms with Gasteiger partial charge in [0.2, 0.25) is 5.78 Å². The lowest BCUT2D eigenvalue weighted by Gasteiger charge is -2.58. The van der Waals surface area contributed by atoms with Crippen molar-refractivity contribution in [2.24, 2.45) is 22.7 Å². The highest BCUT2D eigenvalue weighted by Gasteiger charge is 2.70. The number of aliphatic hydroxyl groups is 3. The van der Waals surface area contributed by atoms with Gasteiger partial charge < -0.3 is 20.1 Å². The number of halogens is 1. The number of hydrogen-bond donors (Lipinski definition) is 3. The minimum absolute atomic E-state index is 0.0683. The molecule has 1 saturated heterocycles. The van der Waals surface area contributed by atoms with Crippen molar-refractivity contribution in [2.45, 2.75) is 70.2 Å². The molecule has 0 aromatic heterocycles. The van der Waals surface area contributed by atoms with Crippen LogP contribution in [-0.4, -0.2) is 52.1 Å². The molecule has 0 aromatic rings. The van der Waals surface area contributed by atoms with E-state index in [9.17, 15) is 20.1 Å². The minimum Gasteiger partial charge on any atom is -0.396 e. The van der Waals surface area contributed by atoms with Gasteiger partial charge in [-0.3, -0.25) is 4.79 Å². The third kappa shape index (κ3) is 2.63. The highest BCUT2D eigenvalue weighted by atomic mass is 35.5. The largest absolute Gasteiger partial charge is 0.396 e. The molecule has 3 N–H and O–H groups in total. The van der Waals surface area contributed by atoms with E-state index < -0.39 is 24.4 Å². The van der Waals surface area contributed by atoms with E-state index in [0.29, 0.717) is 12.3 Å². The Kier molecular flexibility index (Phi) is 4.88. The van der Waals surface area contributed by atoms with Gasteiger partial charge >= 0.3 is 0 Å². The maximum absolute atomic E-state index is 13.0. The third-order valence-corrected chi connectivity index (χ3v) is 8.85. The molecule has 0 aromatic carbocycles. The van der Waals surface area contributed by atoms with Gasteiger partial charge in [-0.1, -0.05) is 44.0 Å². The van der Waals surface area contributed by atoms with Crippen LogP contribution in [-0.2, 0) is 9.53 Å². The number of epoxide rings is 1. The number of ether oxygens (including phenoxy) is 1. The molecule has 7 atom stereocenters. The fourth-order valence-electron chi connectivity index (χ4n) is 6.71. The molecule has 6 heteroatoms. The van der Waals surface area contributed by atoms with Crippen LogP contribution in [0.2, 0.25) is 0 Å². The molecule has 2 saturated carbocycles. The Labute approximate surface area is 171 Å². The lowest BCUT2D eigenvalue weighted by atomic mass is 9.46. The van der Waals surface area contributed by atoms with E-state index in [4.69, 9.17) is 16.3 Å². The fourth-order valence-corrected chi connectivity index (χ4v) is 7.04. The molecule has 0 bridgehead atoms. The van der Waals surface area contributed by atoms with E-state index in [0.717, 1.165) is 37.7 Å². The Bertz CT molecular complexity index is 747. The Morgan fingerprint density at radius 2 is 2.00 bits per heavy atom. The molecule has 5 nitrogen and oxygen atoms in total.